The fourth-order valence-electron chi connectivity index (χ4n) is 3.13. The van der Waals surface area contributed by atoms with Crippen LogP contribution in [0.1, 0.15) is 34.8 Å². The first-order valence-electron chi connectivity index (χ1n) is 8.62. The van der Waals surface area contributed by atoms with Crippen LogP contribution in [-0.4, -0.2) is 26.1 Å². The molecule has 1 aromatic carbocycles. The lowest BCUT2D eigenvalue weighted by atomic mass is 10.1. The van der Waals surface area contributed by atoms with Gasteiger partial charge in [0.2, 0.25) is 0 Å². The molecule has 1 aliphatic carbocycles. The molecule has 8 heteroatoms. The van der Waals surface area contributed by atoms with Crippen molar-refractivity contribution >= 4 is 34.3 Å². The molecular weight excluding hydrogens is 364 g/mol. The van der Waals surface area contributed by atoms with Crippen molar-refractivity contribution in [2.75, 3.05) is 11.5 Å². The van der Waals surface area contributed by atoms with Crippen molar-refractivity contribution < 1.29 is 4.79 Å². The zero-order valence-corrected chi connectivity index (χ0v) is 15.5. The second-order valence-corrected chi connectivity index (χ2v) is 7.62. The minimum Gasteiger partial charge on any atom is -0.384 e. The number of anilines is 1. The first-order valence-corrected chi connectivity index (χ1v) is 9.61. The number of nitrogen functional groups attached to an aromatic ring is 1. The maximum Gasteiger partial charge on any atom is 0.330 e. The van der Waals surface area contributed by atoms with Crippen LogP contribution in [0, 0.1) is 6.92 Å². The Morgan fingerprint density at radius 2 is 2.07 bits per heavy atom. The van der Waals surface area contributed by atoms with Crippen molar-refractivity contribution in [3.8, 4) is 0 Å². The van der Waals surface area contributed by atoms with E-state index >= 15 is 0 Å². The third-order valence-electron chi connectivity index (χ3n) is 4.62. The molecule has 4 rings (SSSR count). The third kappa shape index (κ3) is 3.28. The smallest absolute Gasteiger partial charge is 0.330 e. The van der Waals surface area contributed by atoms with E-state index < -0.39 is 17.0 Å². The number of pyridine rings is 1. The average Bonchev–Trinajstić information content (AvgIpc) is 3.44. The van der Waals surface area contributed by atoms with Crippen molar-refractivity contribution in [1.29, 1.82) is 0 Å². The van der Waals surface area contributed by atoms with E-state index in [1.807, 2.05) is 37.3 Å². The SMILES string of the molecule is Cc1cc(SCC(=O)c2c(N)n(C3CC3)c(=O)[nH]c2=O)nc2ccccc12. The van der Waals surface area contributed by atoms with Crippen LogP contribution in [0.25, 0.3) is 10.9 Å². The summed E-state index contributed by atoms with van der Waals surface area (Å²) in [4.78, 5) is 43.5. The molecular formula is C19H18N4O3S. The van der Waals surface area contributed by atoms with Crippen LogP contribution in [0.3, 0.4) is 0 Å². The molecule has 0 aliphatic heterocycles. The van der Waals surface area contributed by atoms with E-state index in [0.717, 1.165) is 29.3 Å². The summed E-state index contributed by atoms with van der Waals surface area (Å²) >= 11 is 1.25. The molecule has 0 radical (unpaired) electrons. The van der Waals surface area contributed by atoms with E-state index in [1.54, 1.807) is 0 Å². The summed E-state index contributed by atoms with van der Waals surface area (Å²) in [7, 11) is 0. The highest BCUT2D eigenvalue weighted by molar-refractivity contribution is 7.99. The van der Waals surface area contributed by atoms with Crippen molar-refractivity contribution in [1.82, 2.24) is 14.5 Å². The number of aromatic nitrogens is 3. The number of thioether (sulfide) groups is 1. The lowest BCUT2D eigenvalue weighted by molar-refractivity contribution is 0.102. The molecule has 0 unspecified atom stereocenters. The normalized spacial score (nSPS) is 13.8. The van der Waals surface area contributed by atoms with Gasteiger partial charge in [-0.15, -0.1) is 0 Å². The predicted molar refractivity (Wildman–Crippen MR) is 106 cm³/mol. The summed E-state index contributed by atoms with van der Waals surface area (Å²) in [6.07, 6.45) is 1.64. The van der Waals surface area contributed by atoms with Crippen molar-refractivity contribution in [2.24, 2.45) is 0 Å². The number of aryl methyl sites for hydroxylation is 1. The highest BCUT2D eigenvalue weighted by atomic mass is 32.2. The Balaban J connectivity index is 1.61. The van der Waals surface area contributed by atoms with E-state index in [-0.39, 0.29) is 23.2 Å². The summed E-state index contributed by atoms with van der Waals surface area (Å²) in [5.74, 6) is -0.443. The number of nitrogens with two attached hydrogens (primary N) is 1. The van der Waals surface area contributed by atoms with Crippen molar-refractivity contribution in [2.45, 2.75) is 30.8 Å². The lowest BCUT2D eigenvalue weighted by Crippen LogP contribution is -2.36. The van der Waals surface area contributed by atoms with Gasteiger partial charge in [0.1, 0.15) is 11.4 Å². The quantitative estimate of drug-likeness (QED) is 0.517. The van der Waals surface area contributed by atoms with Gasteiger partial charge in [-0.2, -0.15) is 0 Å². The molecule has 1 saturated carbocycles. The van der Waals surface area contributed by atoms with Gasteiger partial charge in [-0.1, -0.05) is 30.0 Å². The summed E-state index contributed by atoms with van der Waals surface area (Å²) in [6.45, 7) is 1.99. The van der Waals surface area contributed by atoms with E-state index in [2.05, 4.69) is 9.97 Å². The van der Waals surface area contributed by atoms with Crippen LogP contribution in [0.2, 0.25) is 0 Å². The Morgan fingerprint density at radius 3 is 2.81 bits per heavy atom. The monoisotopic (exact) mass is 382 g/mol. The van der Waals surface area contributed by atoms with Gasteiger partial charge in [-0.05, 0) is 37.5 Å². The summed E-state index contributed by atoms with van der Waals surface area (Å²) in [5, 5.41) is 1.76. The van der Waals surface area contributed by atoms with Gasteiger partial charge in [0.25, 0.3) is 5.56 Å². The van der Waals surface area contributed by atoms with Gasteiger partial charge >= 0.3 is 5.69 Å². The van der Waals surface area contributed by atoms with Gasteiger partial charge in [-0.25, -0.2) is 9.78 Å². The number of para-hydroxylation sites is 1. The number of H-pyrrole nitrogens is 1. The Labute approximate surface area is 158 Å². The molecule has 138 valence electrons. The number of benzene rings is 1. The molecule has 0 bridgehead atoms. The second-order valence-electron chi connectivity index (χ2n) is 6.63. The molecule has 27 heavy (non-hydrogen) atoms. The summed E-state index contributed by atoms with van der Waals surface area (Å²) in [5.41, 5.74) is 6.47. The largest absolute Gasteiger partial charge is 0.384 e. The first kappa shape index (κ1) is 17.5. The van der Waals surface area contributed by atoms with Crippen LogP contribution in [0.15, 0.2) is 44.9 Å². The van der Waals surface area contributed by atoms with Crippen LogP contribution < -0.4 is 17.0 Å². The van der Waals surface area contributed by atoms with Gasteiger partial charge in [0, 0.05) is 11.4 Å². The van der Waals surface area contributed by atoms with Crippen LogP contribution in [-0.2, 0) is 0 Å². The number of aromatic amines is 1. The van der Waals surface area contributed by atoms with Crippen LogP contribution in [0.5, 0.6) is 0 Å². The maximum absolute atomic E-state index is 12.7. The number of fused-ring (bicyclic) bond motifs is 1. The molecule has 7 nitrogen and oxygen atoms in total. The highest BCUT2D eigenvalue weighted by Gasteiger charge is 2.30. The standard InChI is InChI=1S/C19H18N4O3S/c1-10-8-15(21-13-5-3-2-4-12(10)13)27-9-14(24)16-17(20)23(11-6-7-11)19(26)22-18(16)25/h2-5,8,11H,6-7,9,20H2,1H3,(H,22,25,26). The van der Waals surface area contributed by atoms with Gasteiger partial charge in [0.05, 0.1) is 16.3 Å². The lowest BCUT2D eigenvalue weighted by Gasteiger charge is -2.11. The summed E-state index contributed by atoms with van der Waals surface area (Å²) < 4.78 is 1.32. The molecule has 3 aromatic rings. The molecule has 0 atom stereocenters. The molecule has 1 fully saturated rings. The number of rotatable bonds is 5. The first-order chi connectivity index (χ1) is 13.0. The topological polar surface area (TPSA) is 111 Å². The van der Waals surface area contributed by atoms with Crippen LogP contribution >= 0.6 is 11.8 Å². The Morgan fingerprint density at radius 1 is 1.33 bits per heavy atom. The average molecular weight is 382 g/mol. The molecule has 0 spiro atoms. The molecule has 3 N–H and O–H groups in total. The zero-order valence-electron chi connectivity index (χ0n) is 14.7. The summed E-state index contributed by atoms with van der Waals surface area (Å²) in [6, 6.07) is 9.67. The van der Waals surface area contributed by atoms with Gasteiger partial charge in [0.15, 0.2) is 5.78 Å². The number of nitrogens with zero attached hydrogens (tertiary/aromatic N) is 2. The molecule has 1 aliphatic rings. The predicted octanol–water partition coefficient (Wildman–Crippen LogP) is 2.29. The third-order valence-corrected chi connectivity index (χ3v) is 5.53. The van der Waals surface area contributed by atoms with E-state index in [0.29, 0.717) is 5.03 Å². The fraction of sp³-hybridized carbons (Fsp3) is 0.263. The number of ketones is 1. The van der Waals surface area contributed by atoms with E-state index in [9.17, 15) is 14.4 Å². The number of carbonyl (C=O) groups excluding carboxylic acids is 1. The number of hydrogen-bond donors (Lipinski definition) is 2. The van der Waals surface area contributed by atoms with Gasteiger partial charge in [-0.3, -0.25) is 19.1 Å². The number of carbonyl (C=O) groups is 1. The molecule has 2 heterocycles. The van der Waals surface area contributed by atoms with Gasteiger partial charge < -0.3 is 5.73 Å². The minimum absolute atomic E-state index is 0.0148. The number of Topliss-reactive ketones (excluding diaryl/α,β-unsaturated/α-hetero) is 1. The minimum atomic E-state index is -0.734. The molecule has 0 saturated heterocycles. The second kappa shape index (κ2) is 6.70. The zero-order chi connectivity index (χ0) is 19.1. The number of nitrogens with one attached hydrogen (secondary N) is 1. The number of hydrogen-bond acceptors (Lipinski definition) is 6. The highest BCUT2D eigenvalue weighted by Crippen LogP contribution is 2.35. The van der Waals surface area contributed by atoms with Crippen molar-refractivity contribution in [3.05, 3.63) is 62.3 Å². The maximum atomic E-state index is 12.7. The molecule has 0 amide bonds. The Kier molecular flexibility index (Phi) is 4.35. The van der Waals surface area contributed by atoms with E-state index in [1.165, 1.54) is 16.3 Å². The van der Waals surface area contributed by atoms with Crippen LogP contribution in [0.4, 0.5) is 5.82 Å². The fourth-order valence-corrected chi connectivity index (χ4v) is 3.98. The Hall–Kier alpha value is -2.87. The van der Waals surface area contributed by atoms with E-state index in [4.69, 9.17) is 5.73 Å². The van der Waals surface area contributed by atoms with Crippen molar-refractivity contribution in [3.63, 3.8) is 0 Å². The Bertz CT molecular complexity index is 1180. The molecule has 2 aromatic heterocycles.